The molecule has 0 bridgehead atoms. The Morgan fingerprint density at radius 1 is 1.20 bits per heavy atom. The van der Waals surface area contributed by atoms with E-state index in [9.17, 15) is 13.6 Å². The molecule has 2 N–H and O–H groups in total. The molecule has 0 radical (unpaired) electrons. The third-order valence-corrected chi connectivity index (χ3v) is 3.73. The van der Waals surface area contributed by atoms with Gasteiger partial charge < -0.3 is 10.6 Å². The Labute approximate surface area is 117 Å². The van der Waals surface area contributed by atoms with Crippen molar-refractivity contribution in [3.8, 4) is 0 Å². The summed E-state index contributed by atoms with van der Waals surface area (Å²) in [6, 6.07) is 3.47. The van der Waals surface area contributed by atoms with E-state index < -0.39 is 17.5 Å². The number of carbonyl (C=O) groups excluding carboxylic acids is 1. The number of halogens is 2. The highest BCUT2D eigenvalue weighted by atomic mass is 19.1. The normalized spacial score (nSPS) is 22.6. The van der Waals surface area contributed by atoms with Crippen LogP contribution in [0, 0.1) is 11.6 Å². The van der Waals surface area contributed by atoms with Crippen LogP contribution in [0.25, 0.3) is 0 Å². The van der Waals surface area contributed by atoms with Crippen LogP contribution in [-0.4, -0.2) is 24.5 Å². The minimum Gasteiger partial charge on any atom is -0.349 e. The van der Waals surface area contributed by atoms with Gasteiger partial charge in [-0.05, 0) is 50.4 Å². The molecule has 20 heavy (non-hydrogen) atoms. The summed E-state index contributed by atoms with van der Waals surface area (Å²) >= 11 is 0. The Morgan fingerprint density at radius 2 is 1.85 bits per heavy atom. The number of hydrogen-bond acceptors (Lipinski definition) is 2. The summed E-state index contributed by atoms with van der Waals surface area (Å²) in [6.07, 6.45) is 3.70. The second-order valence-electron chi connectivity index (χ2n) is 5.20. The number of amides is 1. The summed E-state index contributed by atoms with van der Waals surface area (Å²) in [5, 5.41) is 6.18. The van der Waals surface area contributed by atoms with Crippen LogP contribution in [0.2, 0.25) is 0 Å². The van der Waals surface area contributed by atoms with Crippen molar-refractivity contribution < 1.29 is 13.6 Å². The summed E-state index contributed by atoms with van der Waals surface area (Å²) in [5.41, 5.74) is -0.223. The molecule has 0 aliphatic heterocycles. The monoisotopic (exact) mass is 282 g/mol. The molecule has 0 saturated heterocycles. The molecule has 2 rings (SSSR count). The van der Waals surface area contributed by atoms with Crippen molar-refractivity contribution in [1.82, 2.24) is 10.6 Å². The third kappa shape index (κ3) is 3.76. The maximum Gasteiger partial charge on any atom is 0.254 e. The second-order valence-corrected chi connectivity index (χ2v) is 5.20. The largest absolute Gasteiger partial charge is 0.349 e. The lowest BCUT2D eigenvalue weighted by Gasteiger charge is -2.29. The van der Waals surface area contributed by atoms with Gasteiger partial charge in [-0.3, -0.25) is 4.79 Å². The molecule has 5 heteroatoms. The molecule has 1 aliphatic rings. The van der Waals surface area contributed by atoms with E-state index in [2.05, 4.69) is 17.6 Å². The van der Waals surface area contributed by atoms with Crippen molar-refractivity contribution in [2.75, 3.05) is 6.54 Å². The highest BCUT2D eigenvalue weighted by Crippen LogP contribution is 2.19. The van der Waals surface area contributed by atoms with Gasteiger partial charge in [0.05, 0.1) is 5.56 Å². The van der Waals surface area contributed by atoms with Gasteiger partial charge in [-0.2, -0.15) is 0 Å². The van der Waals surface area contributed by atoms with Gasteiger partial charge in [-0.25, -0.2) is 8.78 Å². The number of nitrogens with one attached hydrogen (secondary N) is 2. The van der Waals surface area contributed by atoms with Crippen molar-refractivity contribution in [1.29, 1.82) is 0 Å². The van der Waals surface area contributed by atoms with Crippen molar-refractivity contribution >= 4 is 5.91 Å². The molecule has 3 nitrogen and oxygen atoms in total. The Bertz CT molecular complexity index is 471. The molecule has 0 unspecified atom stereocenters. The topological polar surface area (TPSA) is 41.1 Å². The van der Waals surface area contributed by atoms with Crippen molar-refractivity contribution in [3.63, 3.8) is 0 Å². The predicted molar refractivity (Wildman–Crippen MR) is 73.5 cm³/mol. The molecule has 1 aliphatic carbocycles. The molecule has 0 atom stereocenters. The first-order valence-corrected chi connectivity index (χ1v) is 7.09. The van der Waals surface area contributed by atoms with E-state index in [1.54, 1.807) is 0 Å². The van der Waals surface area contributed by atoms with Gasteiger partial charge in [-0.1, -0.05) is 6.92 Å². The van der Waals surface area contributed by atoms with Gasteiger partial charge in [-0.15, -0.1) is 0 Å². The number of carbonyl (C=O) groups is 1. The zero-order valence-electron chi connectivity index (χ0n) is 11.6. The van der Waals surface area contributed by atoms with Crippen molar-refractivity contribution in [2.45, 2.75) is 44.7 Å². The van der Waals surface area contributed by atoms with Gasteiger partial charge >= 0.3 is 0 Å². The summed E-state index contributed by atoms with van der Waals surface area (Å²) < 4.78 is 26.6. The molecule has 110 valence electrons. The molecule has 1 amide bonds. The molecule has 1 aromatic rings. The number of hydrogen-bond donors (Lipinski definition) is 2. The van der Waals surface area contributed by atoms with Crippen molar-refractivity contribution in [2.24, 2.45) is 0 Å². The van der Waals surface area contributed by atoms with Gasteiger partial charge in [0.15, 0.2) is 0 Å². The molecule has 0 aromatic heterocycles. The summed E-state index contributed by atoms with van der Waals surface area (Å²) in [4.78, 5) is 12.0. The lowest BCUT2D eigenvalue weighted by molar-refractivity contribution is 0.0919. The highest BCUT2D eigenvalue weighted by Gasteiger charge is 2.23. The van der Waals surface area contributed by atoms with Crippen LogP contribution in [-0.2, 0) is 0 Å². The SMILES string of the molecule is CCNC1CCC(NC(=O)c2cc(F)ccc2F)CC1. The van der Waals surface area contributed by atoms with Crippen LogP contribution < -0.4 is 10.6 Å². The molecular weight excluding hydrogens is 262 g/mol. The summed E-state index contributed by atoms with van der Waals surface area (Å²) in [7, 11) is 0. The van der Waals surface area contributed by atoms with Crippen LogP contribution >= 0.6 is 0 Å². The standard InChI is InChI=1S/C15H20F2N2O/c1-2-18-11-4-6-12(7-5-11)19-15(20)13-9-10(16)3-8-14(13)17/h3,8-9,11-12,18H,2,4-7H2,1H3,(H,19,20). The molecular formula is C15H20F2N2O. The zero-order chi connectivity index (χ0) is 14.5. The lowest BCUT2D eigenvalue weighted by Crippen LogP contribution is -2.42. The zero-order valence-corrected chi connectivity index (χ0v) is 11.6. The Kier molecular flexibility index (Phi) is 5.06. The number of rotatable bonds is 4. The Balaban J connectivity index is 1.91. The first-order chi connectivity index (χ1) is 9.60. The molecule has 1 saturated carbocycles. The van der Waals surface area contributed by atoms with Gasteiger partial charge in [0, 0.05) is 12.1 Å². The summed E-state index contributed by atoms with van der Waals surface area (Å²) in [6.45, 7) is 3.01. The quantitative estimate of drug-likeness (QED) is 0.891. The minimum atomic E-state index is -0.690. The number of benzene rings is 1. The molecule has 0 spiro atoms. The van der Waals surface area contributed by atoms with Crippen LogP contribution in [0.1, 0.15) is 43.0 Å². The van der Waals surface area contributed by atoms with Crippen LogP contribution in [0.4, 0.5) is 8.78 Å². The highest BCUT2D eigenvalue weighted by molar-refractivity contribution is 5.94. The first-order valence-electron chi connectivity index (χ1n) is 7.09. The third-order valence-electron chi connectivity index (χ3n) is 3.73. The van der Waals surface area contributed by atoms with E-state index >= 15 is 0 Å². The van der Waals surface area contributed by atoms with E-state index in [0.717, 1.165) is 50.4 Å². The molecule has 1 aromatic carbocycles. The first kappa shape index (κ1) is 14.9. The minimum absolute atomic E-state index is 0.0417. The Morgan fingerprint density at radius 3 is 2.50 bits per heavy atom. The van der Waals surface area contributed by atoms with Gasteiger partial charge in [0.2, 0.25) is 0 Å². The van der Waals surface area contributed by atoms with E-state index in [1.807, 2.05) is 0 Å². The van der Waals surface area contributed by atoms with Crippen LogP contribution in [0.3, 0.4) is 0 Å². The summed E-state index contributed by atoms with van der Waals surface area (Å²) in [5.74, 6) is -1.83. The lowest BCUT2D eigenvalue weighted by atomic mass is 9.91. The van der Waals surface area contributed by atoms with Gasteiger partial charge in [0.25, 0.3) is 5.91 Å². The van der Waals surface area contributed by atoms with E-state index in [-0.39, 0.29) is 11.6 Å². The van der Waals surface area contributed by atoms with Crippen molar-refractivity contribution in [3.05, 3.63) is 35.4 Å². The molecule has 0 heterocycles. The predicted octanol–water partition coefficient (Wildman–Crippen LogP) is 2.62. The van der Waals surface area contributed by atoms with E-state index in [1.165, 1.54) is 0 Å². The smallest absolute Gasteiger partial charge is 0.254 e. The average molecular weight is 282 g/mol. The fraction of sp³-hybridized carbons (Fsp3) is 0.533. The maximum absolute atomic E-state index is 13.5. The van der Waals surface area contributed by atoms with Gasteiger partial charge in [0.1, 0.15) is 11.6 Å². The average Bonchev–Trinajstić information content (AvgIpc) is 2.44. The second kappa shape index (κ2) is 6.79. The fourth-order valence-corrected chi connectivity index (χ4v) is 2.67. The van der Waals surface area contributed by atoms with E-state index in [0.29, 0.717) is 6.04 Å². The maximum atomic E-state index is 13.5. The fourth-order valence-electron chi connectivity index (χ4n) is 2.67. The van der Waals surface area contributed by atoms with E-state index in [4.69, 9.17) is 0 Å². The molecule has 1 fully saturated rings. The Hall–Kier alpha value is -1.49. The van der Waals surface area contributed by atoms with Crippen LogP contribution in [0.15, 0.2) is 18.2 Å². The van der Waals surface area contributed by atoms with Crippen LogP contribution in [0.5, 0.6) is 0 Å².